The summed E-state index contributed by atoms with van der Waals surface area (Å²) in [4.78, 5) is 12.9. The highest BCUT2D eigenvalue weighted by molar-refractivity contribution is 7.92. The molecule has 1 saturated heterocycles. The zero-order valence-electron chi connectivity index (χ0n) is 13.5. The number of hydrogen-bond donors (Lipinski definition) is 2. The van der Waals surface area contributed by atoms with Gasteiger partial charge in [-0.1, -0.05) is 17.7 Å². The Kier molecular flexibility index (Phi) is 5.85. The van der Waals surface area contributed by atoms with Gasteiger partial charge in [-0.15, -0.1) is 12.4 Å². The molecular formula is C16H22Cl2N2O3S. The van der Waals surface area contributed by atoms with E-state index >= 15 is 0 Å². The van der Waals surface area contributed by atoms with Crippen molar-refractivity contribution in [1.82, 2.24) is 10.6 Å². The van der Waals surface area contributed by atoms with Gasteiger partial charge in [0.1, 0.15) is 0 Å². The van der Waals surface area contributed by atoms with Gasteiger partial charge in [-0.3, -0.25) is 4.79 Å². The van der Waals surface area contributed by atoms with Gasteiger partial charge in [-0.2, -0.15) is 0 Å². The molecule has 1 fully saturated rings. The van der Waals surface area contributed by atoms with Gasteiger partial charge in [-0.05, 0) is 62.0 Å². The van der Waals surface area contributed by atoms with Crippen LogP contribution >= 0.6 is 24.0 Å². The van der Waals surface area contributed by atoms with Crippen LogP contribution in [0.25, 0.3) is 0 Å². The predicted octanol–water partition coefficient (Wildman–Crippen LogP) is 2.03. The molecule has 5 nitrogen and oxygen atoms in total. The number of fused-ring (bicyclic) bond motifs is 1. The second-order valence-electron chi connectivity index (χ2n) is 6.42. The molecule has 1 unspecified atom stereocenters. The van der Waals surface area contributed by atoms with E-state index in [1.807, 2.05) is 18.2 Å². The van der Waals surface area contributed by atoms with Crippen molar-refractivity contribution in [2.75, 3.05) is 19.3 Å². The number of hydrogen-bond acceptors (Lipinski definition) is 4. The lowest BCUT2D eigenvalue weighted by atomic mass is 9.95. The van der Waals surface area contributed by atoms with Crippen molar-refractivity contribution in [3.8, 4) is 0 Å². The van der Waals surface area contributed by atoms with Crippen LogP contribution in [0.15, 0.2) is 18.2 Å². The summed E-state index contributed by atoms with van der Waals surface area (Å²) in [6.45, 7) is 1.08. The molecule has 1 aromatic rings. The van der Waals surface area contributed by atoms with E-state index in [0.717, 1.165) is 24.0 Å². The first-order chi connectivity index (χ1) is 10.8. The number of rotatable bonds is 3. The van der Waals surface area contributed by atoms with Gasteiger partial charge < -0.3 is 10.6 Å². The van der Waals surface area contributed by atoms with E-state index in [-0.39, 0.29) is 24.4 Å². The van der Waals surface area contributed by atoms with E-state index in [4.69, 9.17) is 11.6 Å². The Morgan fingerprint density at radius 3 is 2.62 bits per heavy atom. The van der Waals surface area contributed by atoms with Crippen LogP contribution in [-0.2, 0) is 21.1 Å². The lowest BCUT2D eigenvalue weighted by molar-refractivity contribution is -0.125. The van der Waals surface area contributed by atoms with Gasteiger partial charge in [0, 0.05) is 11.3 Å². The third kappa shape index (κ3) is 3.43. The lowest BCUT2D eigenvalue weighted by Crippen LogP contribution is -2.57. The Bertz CT molecular complexity index is 731. The quantitative estimate of drug-likeness (QED) is 0.824. The van der Waals surface area contributed by atoms with Crippen LogP contribution in [0.2, 0.25) is 5.02 Å². The summed E-state index contributed by atoms with van der Waals surface area (Å²) in [5, 5.41) is 6.79. The molecule has 0 bridgehead atoms. The minimum atomic E-state index is -3.49. The predicted molar refractivity (Wildman–Crippen MR) is 97.6 cm³/mol. The van der Waals surface area contributed by atoms with Crippen LogP contribution in [0.1, 0.15) is 36.4 Å². The van der Waals surface area contributed by atoms with Gasteiger partial charge >= 0.3 is 0 Å². The molecule has 1 atom stereocenters. The van der Waals surface area contributed by atoms with E-state index in [0.29, 0.717) is 31.0 Å². The molecule has 0 radical (unpaired) electrons. The molecule has 1 aliphatic carbocycles. The molecule has 1 heterocycles. The standard InChI is InChI=1S/C16H21ClN2O3S.ClH/c1-23(21,22)16(6-8-18-9-7-16)15(20)19-14-5-2-11-10-12(17)3-4-13(11)14;/h3-4,10,14,18H,2,5-9H2,1H3,(H,19,20);1H. The molecule has 0 spiro atoms. The second kappa shape index (κ2) is 7.20. The fraction of sp³-hybridized carbons (Fsp3) is 0.562. The van der Waals surface area contributed by atoms with Crippen molar-refractivity contribution in [2.24, 2.45) is 0 Å². The van der Waals surface area contributed by atoms with Crippen LogP contribution in [0.5, 0.6) is 0 Å². The smallest absolute Gasteiger partial charge is 0.242 e. The fourth-order valence-electron chi connectivity index (χ4n) is 3.62. The van der Waals surface area contributed by atoms with Crippen LogP contribution in [0.3, 0.4) is 0 Å². The van der Waals surface area contributed by atoms with Crippen LogP contribution in [0, 0.1) is 0 Å². The minimum absolute atomic E-state index is 0. The summed E-state index contributed by atoms with van der Waals surface area (Å²) in [5.74, 6) is -0.366. The zero-order chi connectivity index (χ0) is 16.7. The van der Waals surface area contributed by atoms with Crippen molar-refractivity contribution in [2.45, 2.75) is 36.5 Å². The molecule has 1 amide bonds. The van der Waals surface area contributed by atoms with Crippen LogP contribution < -0.4 is 10.6 Å². The number of carbonyl (C=O) groups excluding carboxylic acids is 1. The highest BCUT2D eigenvalue weighted by Crippen LogP contribution is 2.35. The molecule has 0 aromatic heterocycles. The number of sulfone groups is 1. The summed E-state index contributed by atoms with van der Waals surface area (Å²) in [6.07, 6.45) is 3.42. The maximum absolute atomic E-state index is 12.9. The summed E-state index contributed by atoms with van der Waals surface area (Å²) in [6, 6.07) is 5.51. The average molecular weight is 393 g/mol. The van der Waals surface area contributed by atoms with E-state index < -0.39 is 14.6 Å². The first-order valence-electron chi connectivity index (χ1n) is 7.83. The topological polar surface area (TPSA) is 75.3 Å². The van der Waals surface area contributed by atoms with Crippen molar-refractivity contribution in [1.29, 1.82) is 0 Å². The van der Waals surface area contributed by atoms with Crippen LogP contribution in [-0.4, -0.2) is 38.4 Å². The Labute approximate surface area is 153 Å². The van der Waals surface area contributed by atoms with Gasteiger partial charge in [0.15, 0.2) is 14.6 Å². The van der Waals surface area contributed by atoms with Gasteiger partial charge in [-0.25, -0.2) is 8.42 Å². The molecule has 2 aliphatic rings. The zero-order valence-corrected chi connectivity index (χ0v) is 15.9. The van der Waals surface area contributed by atoms with Crippen LogP contribution in [0.4, 0.5) is 0 Å². The number of amides is 1. The minimum Gasteiger partial charge on any atom is -0.348 e. The molecular weight excluding hydrogens is 371 g/mol. The molecule has 1 aliphatic heterocycles. The molecule has 3 rings (SSSR count). The van der Waals surface area contributed by atoms with Gasteiger partial charge in [0.05, 0.1) is 6.04 Å². The largest absolute Gasteiger partial charge is 0.348 e. The first-order valence-corrected chi connectivity index (χ1v) is 10.1. The summed E-state index contributed by atoms with van der Waals surface area (Å²) < 4.78 is 23.3. The maximum Gasteiger partial charge on any atom is 0.242 e. The Morgan fingerprint density at radius 1 is 1.33 bits per heavy atom. The highest BCUT2D eigenvalue weighted by atomic mass is 35.5. The second-order valence-corrected chi connectivity index (χ2v) is 9.19. The molecule has 24 heavy (non-hydrogen) atoms. The molecule has 134 valence electrons. The van der Waals surface area contributed by atoms with Crippen molar-refractivity contribution in [3.63, 3.8) is 0 Å². The average Bonchev–Trinajstić information content (AvgIpc) is 2.89. The number of benzene rings is 1. The Morgan fingerprint density at radius 2 is 2.00 bits per heavy atom. The fourth-order valence-corrected chi connectivity index (χ4v) is 5.16. The molecule has 8 heteroatoms. The summed E-state index contributed by atoms with van der Waals surface area (Å²) in [5.41, 5.74) is 2.17. The Balaban J connectivity index is 0.00000208. The number of carbonyl (C=O) groups is 1. The first kappa shape index (κ1) is 19.5. The molecule has 0 saturated carbocycles. The SMILES string of the molecule is CS(=O)(=O)C1(C(=O)NC2CCc3cc(Cl)ccc32)CCNCC1.Cl. The monoisotopic (exact) mass is 392 g/mol. The normalized spacial score (nSPS) is 22.3. The molecule has 1 aromatic carbocycles. The third-order valence-electron chi connectivity index (χ3n) is 5.02. The summed E-state index contributed by atoms with van der Waals surface area (Å²) in [7, 11) is -3.49. The lowest BCUT2D eigenvalue weighted by Gasteiger charge is -2.35. The van der Waals surface area contributed by atoms with Gasteiger partial charge in [0.25, 0.3) is 0 Å². The molecule has 2 N–H and O–H groups in total. The van der Waals surface area contributed by atoms with E-state index in [1.165, 1.54) is 6.26 Å². The van der Waals surface area contributed by atoms with Gasteiger partial charge in [0.2, 0.25) is 5.91 Å². The van der Waals surface area contributed by atoms with Crippen molar-refractivity contribution < 1.29 is 13.2 Å². The van der Waals surface area contributed by atoms with E-state index in [1.54, 1.807) is 0 Å². The third-order valence-corrected chi connectivity index (χ3v) is 7.27. The Hall–Kier alpha value is -0.820. The van der Waals surface area contributed by atoms with E-state index in [2.05, 4.69) is 10.6 Å². The van der Waals surface area contributed by atoms with Crippen molar-refractivity contribution >= 4 is 39.8 Å². The number of aryl methyl sites for hydroxylation is 1. The van der Waals surface area contributed by atoms with E-state index in [9.17, 15) is 13.2 Å². The number of halogens is 2. The highest BCUT2D eigenvalue weighted by Gasteiger charge is 2.49. The number of piperidine rings is 1. The number of nitrogens with one attached hydrogen (secondary N) is 2. The maximum atomic E-state index is 12.9. The van der Waals surface area contributed by atoms with Crippen molar-refractivity contribution in [3.05, 3.63) is 34.3 Å². The summed E-state index contributed by atoms with van der Waals surface area (Å²) >= 11 is 6.01.